The zero-order chi connectivity index (χ0) is 17.8. The fraction of sp³-hybridized carbons (Fsp3) is 0.294. The van der Waals surface area contributed by atoms with E-state index in [1.807, 2.05) is 0 Å². The van der Waals surface area contributed by atoms with E-state index < -0.39 is 0 Å². The van der Waals surface area contributed by atoms with E-state index in [0.717, 1.165) is 6.42 Å². The normalized spacial score (nSPS) is 13.8. The van der Waals surface area contributed by atoms with Gasteiger partial charge in [0.15, 0.2) is 5.13 Å². The molecule has 0 bridgehead atoms. The van der Waals surface area contributed by atoms with Crippen molar-refractivity contribution in [1.82, 2.24) is 10.3 Å². The molecule has 0 atom stereocenters. The van der Waals surface area contributed by atoms with Crippen molar-refractivity contribution in [2.24, 2.45) is 0 Å². The first kappa shape index (κ1) is 17.1. The molecule has 2 heterocycles. The van der Waals surface area contributed by atoms with Crippen LogP contribution in [0.25, 0.3) is 0 Å². The Morgan fingerprint density at radius 1 is 1.28 bits per heavy atom. The summed E-state index contributed by atoms with van der Waals surface area (Å²) in [5.41, 5.74) is 1.78. The van der Waals surface area contributed by atoms with E-state index in [2.05, 4.69) is 15.6 Å². The molecule has 1 aliphatic heterocycles. The van der Waals surface area contributed by atoms with Gasteiger partial charge in [-0.1, -0.05) is 0 Å². The summed E-state index contributed by atoms with van der Waals surface area (Å²) in [5.74, 6) is -0.289. The number of carbonyl (C=O) groups excluding carboxylic acids is 3. The van der Waals surface area contributed by atoms with Crippen molar-refractivity contribution in [1.29, 1.82) is 0 Å². The molecule has 25 heavy (non-hydrogen) atoms. The van der Waals surface area contributed by atoms with Crippen LogP contribution in [-0.4, -0.2) is 36.3 Å². The molecule has 0 saturated carbocycles. The maximum absolute atomic E-state index is 12.1. The standard InChI is InChI=1S/C17H18N4O3S/c1-18-16(24)11-4-6-12(7-5-11)19-14(22)9-13-10-25-17(20-13)21-8-2-3-15(21)23/h4-7,10H,2-3,8-9H2,1H3,(H,18,24)(H,19,22). The van der Waals surface area contributed by atoms with Crippen molar-refractivity contribution >= 4 is 39.9 Å². The number of benzene rings is 1. The zero-order valence-corrected chi connectivity index (χ0v) is 14.6. The maximum atomic E-state index is 12.1. The second kappa shape index (κ2) is 7.43. The summed E-state index contributed by atoms with van der Waals surface area (Å²) in [5, 5.41) is 7.77. The van der Waals surface area contributed by atoms with Crippen molar-refractivity contribution in [3.05, 3.63) is 40.9 Å². The lowest BCUT2D eigenvalue weighted by Crippen LogP contribution is -2.23. The van der Waals surface area contributed by atoms with Crippen LogP contribution in [0.5, 0.6) is 0 Å². The molecule has 1 aliphatic rings. The highest BCUT2D eigenvalue weighted by Gasteiger charge is 2.24. The highest BCUT2D eigenvalue weighted by molar-refractivity contribution is 7.14. The van der Waals surface area contributed by atoms with E-state index in [1.54, 1.807) is 41.6 Å². The molecule has 1 aromatic heterocycles. The first-order valence-electron chi connectivity index (χ1n) is 7.93. The molecular weight excluding hydrogens is 340 g/mol. The van der Waals surface area contributed by atoms with E-state index in [9.17, 15) is 14.4 Å². The first-order valence-corrected chi connectivity index (χ1v) is 8.81. The topological polar surface area (TPSA) is 91.4 Å². The predicted molar refractivity (Wildman–Crippen MR) is 95.9 cm³/mol. The van der Waals surface area contributed by atoms with Gasteiger partial charge in [0.2, 0.25) is 11.8 Å². The quantitative estimate of drug-likeness (QED) is 0.853. The SMILES string of the molecule is CNC(=O)c1ccc(NC(=O)Cc2csc(N3CCCC3=O)n2)cc1. The fourth-order valence-corrected chi connectivity index (χ4v) is 3.44. The van der Waals surface area contributed by atoms with E-state index in [4.69, 9.17) is 0 Å². The predicted octanol–water partition coefficient (Wildman–Crippen LogP) is 1.81. The number of rotatable bonds is 5. The van der Waals surface area contributed by atoms with Gasteiger partial charge in [-0.25, -0.2) is 4.98 Å². The first-order chi connectivity index (χ1) is 12.1. The molecule has 1 fully saturated rings. The minimum Gasteiger partial charge on any atom is -0.355 e. The lowest BCUT2D eigenvalue weighted by Gasteiger charge is -2.10. The third kappa shape index (κ3) is 4.03. The monoisotopic (exact) mass is 358 g/mol. The summed E-state index contributed by atoms with van der Waals surface area (Å²) >= 11 is 1.38. The molecule has 1 saturated heterocycles. The Bertz CT molecular complexity index is 800. The van der Waals surface area contributed by atoms with E-state index in [-0.39, 0.29) is 24.1 Å². The van der Waals surface area contributed by atoms with Crippen molar-refractivity contribution in [3.8, 4) is 0 Å². The molecule has 1 aromatic carbocycles. The van der Waals surface area contributed by atoms with Gasteiger partial charge in [-0.2, -0.15) is 0 Å². The minimum absolute atomic E-state index is 0.0848. The third-order valence-electron chi connectivity index (χ3n) is 3.84. The summed E-state index contributed by atoms with van der Waals surface area (Å²) in [6.07, 6.45) is 1.54. The second-order valence-corrected chi connectivity index (χ2v) is 6.49. The zero-order valence-electron chi connectivity index (χ0n) is 13.7. The number of aromatic nitrogens is 1. The van der Waals surface area contributed by atoms with Crippen molar-refractivity contribution in [2.75, 3.05) is 23.8 Å². The number of anilines is 2. The minimum atomic E-state index is -0.197. The van der Waals surface area contributed by atoms with Gasteiger partial charge in [-0.05, 0) is 30.7 Å². The Morgan fingerprint density at radius 2 is 2.04 bits per heavy atom. The number of hydrogen-bond acceptors (Lipinski definition) is 5. The fourth-order valence-electron chi connectivity index (χ4n) is 2.57. The van der Waals surface area contributed by atoms with Crippen LogP contribution in [0.2, 0.25) is 0 Å². The summed E-state index contributed by atoms with van der Waals surface area (Å²) in [7, 11) is 1.57. The van der Waals surface area contributed by atoms with Gasteiger partial charge in [0.05, 0.1) is 12.1 Å². The van der Waals surface area contributed by atoms with Crippen LogP contribution < -0.4 is 15.5 Å². The highest BCUT2D eigenvalue weighted by Crippen LogP contribution is 2.25. The Hall–Kier alpha value is -2.74. The molecule has 8 heteroatoms. The Morgan fingerprint density at radius 3 is 2.68 bits per heavy atom. The lowest BCUT2D eigenvalue weighted by atomic mass is 10.2. The second-order valence-electron chi connectivity index (χ2n) is 5.65. The molecule has 3 rings (SSSR count). The van der Waals surface area contributed by atoms with Gasteiger partial charge in [-0.3, -0.25) is 19.3 Å². The number of thiazole rings is 1. The Balaban J connectivity index is 1.58. The van der Waals surface area contributed by atoms with Crippen molar-refractivity contribution in [3.63, 3.8) is 0 Å². The lowest BCUT2D eigenvalue weighted by molar-refractivity contribution is -0.117. The summed E-state index contributed by atoms with van der Waals surface area (Å²) in [6, 6.07) is 6.65. The van der Waals surface area contributed by atoms with Gasteiger partial charge in [0.1, 0.15) is 0 Å². The van der Waals surface area contributed by atoms with E-state index in [1.165, 1.54) is 11.3 Å². The number of nitrogens with one attached hydrogen (secondary N) is 2. The van der Waals surface area contributed by atoms with Crippen LogP contribution in [0.1, 0.15) is 28.9 Å². The van der Waals surface area contributed by atoms with Gasteiger partial charge in [-0.15, -0.1) is 11.3 Å². The van der Waals surface area contributed by atoms with Gasteiger partial charge >= 0.3 is 0 Å². The molecule has 0 spiro atoms. The van der Waals surface area contributed by atoms with Gasteiger partial charge in [0.25, 0.3) is 5.91 Å². The van der Waals surface area contributed by atoms with Crippen LogP contribution in [0.3, 0.4) is 0 Å². The van der Waals surface area contributed by atoms with E-state index >= 15 is 0 Å². The van der Waals surface area contributed by atoms with Crippen LogP contribution in [0.4, 0.5) is 10.8 Å². The van der Waals surface area contributed by atoms with Crippen LogP contribution in [0.15, 0.2) is 29.6 Å². The molecular formula is C17H18N4O3S. The molecule has 0 aliphatic carbocycles. The molecule has 2 aromatic rings. The van der Waals surface area contributed by atoms with Gasteiger partial charge < -0.3 is 10.6 Å². The maximum Gasteiger partial charge on any atom is 0.251 e. The highest BCUT2D eigenvalue weighted by atomic mass is 32.1. The molecule has 0 unspecified atom stereocenters. The van der Waals surface area contributed by atoms with Crippen LogP contribution >= 0.6 is 11.3 Å². The summed E-state index contributed by atoms with van der Waals surface area (Å²) in [6.45, 7) is 0.690. The largest absolute Gasteiger partial charge is 0.355 e. The summed E-state index contributed by atoms with van der Waals surface area (Å²) in [4.78, 5) is 41.4. The van der Waals surface area contributed by atoms with Gasteiger partial charge in [0, 0.05) is 36.6 Å². The molecule has 0 radical (unpaired) electrons. The average Bonchev–Trinajstić information content (AvgIpc) is 3.23. The Labute approximate surface area is 149 Å². The number of nitrogens with zero attached hydrogens (tertiary/aromatic N) is 2. The Kier molecular flexibility index (Phi) is 5.08. The van der Waals surface area contributed by atoms with Crippen molar-refractivity contribution < 1.29 is 14.4 Å². The van der Waals surface area contributed by atoms with Crippen molar-refractivity contribution in [2.45, 2.75) is 19.3 Å². The number of amides is 3. The summed E-state index contributed by atoms with van der Waals surface area (Å²) < 4.78 is 0. The smallest absolute Gasteiger partial charge is 0.251 e. The van der Waals surface area contributed by atoms with Crippen LogP contribution in [-0.2, 0) is 16.0 Å². The average molecular weight is 358 g/mol. The number of hydrogen-bond donors (Lipinski definition) is 2. The molecule has 2 N–H and O–H groups in total. The van der Waals surface area contributed by atoms with Crippen LogP contribution in [0, 0.1) is 0 Å². The number of carbonyl (C=O) groups is 3. The van der Waals surface area contributed by atoms with E-state index in [0.29, 0.717) is 35.0 Å². The molecule has 130 valence electrons. The third-order valence-corrected chi connectivity index (χ3v) is 4.76. The molecule has 3 amide bonds. The molecule has 7 nitrogen and oxygen atoms in total.